The molecular weight excluding hydrogens is 186 g/mol. The molecule has 0 aromatic rings. The molecule has 1 saturated heterocycles. The molecule has 0 aromatic heterocycles. The molecule has 1 aliphatic heterocycles. The van der Waals surface area contributed by atoms with Gasteiger partial charge in [-0.2, -0.15) is 5.26 Å². The first-order valence-corrected chi connectivity index (χ1v) is 4.04. The fourth-order valence-electron chi connectivity index (χ4n) is 1.14. The van der Waals surface area contributed by atoms with Gasteiger partial charge in [-0.1, -0.05) is 0 Å². The second-order valence-corrected chi connectivity index (χ2v) is 2.88. The largest absolute Gasteiger partial charge is 0.351 e. The van der Waals surface area contributed by atoms with Crippen LogP contribution < -0.4 is 22.1 Å². The quantitative estimate of drug-likeness (QED) is 0.221. The van der Waals surface area contributed by atoms with E-state index in [1.165, 1.54) is 4.90 Å². The minimum Gasteiger partial charge on any atom is -0.351 e. The molecule has 0 radical (unpaired) electrons. The molecule has 8 heteroatoms. The fraction of sp³-hybridized carbons (Fsp3) is 0.667. The molecule has 1 unspecified atom stereocenters. The number of carbonyl (C=O) groups is 1. The number of nitriles is 1. The molecule has 0 aromatic carbocycles. The van der Waals surface area contributed by atoms with E-state index in [2.05, 4.69) is 10.6 Å². The highest BCUT2D eigenvalue weighted by atomic mass is 16.2. The third-order valence-corrected chi connectivity index (χ3v) is 1.89. The van der Waals surface area contributed by atoms with E-state index >= 15 is 0 Å². The lowest BCUT2D eigenvalue weighted by Gasteiger charge is -2.37. The van der Waals surface area contributed by atoms with Crippen LogP contribution in [0, 0.1) is 11.5 Å². The molecule has 78 valence electrons. The second-order valence-electron chi connectivity index (χ2n) is 2.88. The van der Waals surface area contributed by atoms with E-state index < -0.39 is 12.3 Å². The number of nitrogens with one attached hydrogen (secondary N) is 2. The van der Waals surface area contributed by atoms with Gasteiger partial charge in [0, 0.05) is 0 Å². The van der Waals surface area contributed by atoms with Crippen LogP contribution in [0.1, 0.15) is 0 Å². The summed E-state index contributed by atoms with van der Waals surface area (Å²) >= 11 is 0. The maximum Gasteiger partial charge on any atom is 0.316 e. The molecule has 1 rings (SSSR count). The van der Waals surface area contributed by atoms with Crippen molar-refractivity contribution < 1.29 is 4.79 Å². The Labute approximate surface area is 81.4 Å². The van der Waals surface area contributed by atoms with Gasteiger partial charge in [-0.15, -0.1) is 0 Å². The molecule has 0 bridgehead atoms. The fourth-order valence-corrected chi connectivity index (χ4v) is 1.14. The van der Waals surface area contributed by atoms with Crippen molar-refractivity contribution >= 4 is 6.03 Å². The van der Waals surface area contributed by atoms with Gasteiger partial charge in [0.05, 0.1) is 20.0 Å². The van der Waals surface area contributed by atoms with Crippen molar-refractivity contribution in [2.24, 2.45) is 11.5 Å². The first kappa shape index (κ1) is 10.5. The number of hydrogen-bond donors (Lipinski definition) is 4. The summed E-state index contributed by atoms with van der Waals surface area (Å²) in [5.74, 6) is 0. The van der Waals surface area contributed by atoms with Crippen LogP contribution in [0.2, 0.25) is 0 Å². The molecule has 1 aliphatic rings. The zero-order valence-electron chi connectivity index (χ0n) is 7.60. The van der Waals surface area contributed by atoms with E-state index in [1.54, 1.807) is 11.1 Å². The van der Waals surface area contributed by atoms with E-state index in [-0.39, 0.29) is 0 Å². The molecule has 2 amide bonds. The van der Waals surface area contributed by atoms with Gasteiger partial charge in [0.1, 0.15) is 6.29 Å². The summed E-state index contributed by atoms with van der Waals surface area (Å²) in [6.45, 7) is 1.20. The summed E-state index contributed by atoms with van der Waals surface area (Å²) < 4.78 is 0. The average Bonchev–Trinajstić information content (AvgIpc) is 2.18. The predicted octanol–water partition coefficient (Wildman–Crippen LogP) is -2.54. The Kier molecular flexibility index (Phi) is 3.47. The monoisotopic (exact) mass is 199 g/mol. The highest BCUT2D eigenvalue weighted by Gasteiger charge is 2.23. The molecule has 0 saturated carbocycles. The van der Waals surface area contributed by atoms with E-state index in [0.29, 0.717) is 20.0 Å². The lowest BCUT2D eigenvalue weighted by atomic mass is 10.5. The maximum absolute atomic E-state index is 10.8. The lowest BCUT2D eigenvalue weighted by molar-refractivity contribution is 0.0522. The van der Waals surface area contributed by atoms with Gasteiger partial charge < -0.3 is 5.73 Å². The highest BCUT2D eigenvalue weighted by Crippen LogP contribution is 1.98. The van der Waals surface area contributed by atoms with Gasteiger partial charge in [-0.25, -0.2) is 9.69 Å². The number of hydrogen-bond acceptors (Lipinski definition) is 6. The number of nitrogens with zero attached hydrogens (tertiary/aromatic N) is 3. The van der Waals surface area contributed by atoms with Crippen molar-refractivity contribution in [2.75, 3.05) is 20.0 Å². The SMILES string of the molecule is N#CNC(N)N1CNCN(C(N)=O)C1. The van der Waals surface area contributed by atoms with Crippen LogP contribution in [0.3, 0.4) is 0 Å². The predicted molar refractivity (Wildman–Crippen MR) is 47.7 cm³/mol. The third-order valence-electron chi connectivity index (χ3n) is 1.89. The normalized spacial score (nSPS) is 19.9. The first-order valence-electron chi connectivity index (χ1n) is 4.04. The summed E-state index contributed by atoms with van der Waals surface area (Å²) in [6.07, 6.45) is 1.11. The van der Waals surface area contributed by atoms with Gasteiger partial charge in [-0.05, 0) is 0 Å². The van der Waals surface area contributed by atoms with Crippen molar-refractivity contribution in [1.29, 1.82) is 5.26 Å². The second kappa shape index (κ2) is 4.61. The number of rotatable bonds is 2. The molecule has 0 aliphatic carbocycles. The molecule has 6 N–H and O–H groups in total. The zero-order chi connectivity index (χ0) is 10.6. The molecule has 8 nitrogen and oxygen atoms in total. The van der Waals surface area contributed by atoms with Crippen molar-refractivity contribution in [1.82, 2.24) is 20.4 Å². The van der Waals surface area contributed by atoms with E-state index in [4.69, 9.17) is 16.7 Å². The Morgan fingerprint density at radius 1 is 1.64 bits per heavy atom. The van der Waals surface area contributed by atoms with Crippen LogP contribution in [0.5, 0.6) is 0 Å². The summed E-state index contributed by atoms with van der Waals surface area (Å²) in [4.78, 5) is 13.9. The van der Waals surface area contributed by atoms with E-state index in [9.17, 15) is 4.79 Å². The Bertz CT molecular complexity index is 249. The van der Waals surface area contributed by atoms with Crippen molar-refractivity contribution in [3.05, 3.63) is 0 Å². The number of urea groups is 1. The Morgan fingerprint density at radius 3 is 2.93 bits per heavy atom. The third kappa shape index (κ3) is 2.46. The Morgan fingerprint density at radius 2 is 2.36 bits per heavy atom. The standard InChI is InChI=1S/C6H13N7O/c7-1-11-5(8)12-2-10-3-13(4-12)6(9)14/h5,10-11H,2-4,8H2,(H2,9,14). The van der Waals surface area contributed by atoms with E-state index in [0.717, 1.165) is 0 Å². The average molecular weight is 199 g/mol. The van der Waals surface area contributed by atoms with Crippen LogP contribution in [0.25, 0.3) is 0 Å². The van der Waals surface area contributed by atoms with Crippen molar-refractivity contribution in [3.63, 3.8) is 0 Å². The van der Waals surface area contributed by atoms with Gasteiger partial charge in [-0.3, -0.25) is 21.3 Å². The van der Waals surface area contributed by atoms with Crippen LogP contribution in [-0.2, 0) is 0 Å². The van der Waals surface area contributed by atoms with Crippen LogP contribution in [0.4, 0.5) is 4.79 Å². The van der Waals surface area contributed by atoms with Gasteiger partial charge >= 0.3 is 6.03 Å². The van der Waals surface area contributed by atoms with Gasteiger partial charge in [0.15, 0.2) is 6.19 Å². The van der Waals surface area contributed by atoms with Crippen LogP contribution in [-0.4, -0.2) is 42.1 Å². The summed E-state index contributed by atoms with van der Waals surface area (Å²) in [5, 5.41) is 13.6. The Balaban J connectivity index is 2.48. The van der Waals surface area contributed by atoms with Crippen LogP contribution in [0.15, 0.2) is 0 Å². The number of nitrogens with two attached hydrogens (primary N) is 2. The van der Waals surface area contributed by atoms with Crippen molar-refractivity contribution in [3.8, 4) is 6.19 Å². The smallest absolute Gasteiger partial charge is 0.316 e. The first-order chi connectivity index (χ1) is 6.65. The lowest BCUT2D eigenvalue weighted by Crippen LogP contribution is -2.63. The minimum absolute atomic E-state index is 0.304. The molecular formula is C6H13N7O. The number of carbonyl (C=O) groups excluding carboxylic acids is 1. The van der Waals surface area contributed by atoms with Crippen LogP contribution >= 0.6 is 0 Å². The molecule has 1 fully saturated rings. The summed E-state index contributed by atoms with van der Waals surface area (Å²) in [5.41, 5.74) is 10.7. The Hall–Kier alpha value is -1.56. The zero-order valence-corrected chi connectivity index (χ0v) is 7.60. The van der Waals surface area contributed by atoms with Gasteiger partial charge in [0.25, 0.3) is 0 Å². The minimum atomic E-state index is -0.616. The summed E-state index contributed by atoms with van der Waals surface area (Å²) in [7, 11) is 0. The number of primary amides is 1. The molecule has 1 heterocycles. The van der Waals surface area contributed by atoms with Crippen molar-refractivity contribution in [2.45, 2.75) is 6.29 Å². The highest BCUT2D eigenvalue weighted by molar-refractivity contribution is 5.71. The number of amides is 2. The molecule has 14 heavy (non-hydrogen) atoms. The topological polar surface area (TPSA) is 123 Å². The molecule has 1 atom stereocenters. The van der Waals surface area contributed by atoms with Gasteiger partial charge in [0.2, 0.25) is 0 Å². The summed E-state index contributed by atoms with van der Waals surface area (Å²) in [6, 6.07) is -0.522. The maximum atomic E-state index is 10.8. The molecule has 0 spiro atoms. The van der Waals surface area contributed by atoms with E-state index in [1.807, 2.05) is 0 Å².